The number of carbonyl (C=O) groups is 1. The van der Waals surface area contributed by atoms with Crippen LogP contribution < -0.4 is 0 Å². The van der Waals surface area contributed by atoms with Crippen LogP contribution in [0.1, 0.15) is 63.4 Å². The predicted molar refractivity (Wildman–Crippen MR) is 100 cm³/mol. The van der Waals surface area contributed by atoms with Gasteiger partial charge in [-0.15, -0.1) is 0 Å². The number of piperidine rings is 1. The highest BCUT2D eigenvalue weighted by Crippen LogP contribution is 2.36. The summed E-state index contributed by atoms with van der Waals surface area (Å²) in [7, 11) is 2.00. The molecule has 3 rings (SSSR count). The summed E-state index contributed by atoms with van der Waals surface area (Å²) in [5.41, 5.74) is 1.37. The van der Waals surface area contributed by atoms with E-state index < -0.39 is 0 Å². The minimum atomic E-state index is 0.228. The highest BCUT2D eigenvalue weighted by atomic mass is 16.2. The van der Waals surface area contributed by atoms with Crippen LogP contribution in [0, 0.1) is 6.92 Å². The number of rotatable bonds is 6. The lowest BCUT2D eigenvalue weighted by atomic mass is 9.78. The molecule has 140 valence electrons. The van der Waals surface area contributed by atoms with E-state index >= 15 is 0 Å². The lowest BCUT2D eigenvalue weighted by Gasteiger charge is -2.50. The third-order valence-corrected chi connectivity index (χ3v) is 6.09. The van der Waals surface area contributed by atoms with Crippen molar-refractivity contribution < 1.29 is 4.79 Å². The molecule has 1 aromatic heterocycles. The Morgan fingerprint density at radius 2 is 1.84 bits per heavy atom. The van der Waals surface area contributed by atoms with Gasteiger partial charge in [0.05, 0.1) is 6.20 Å². The van der Waals surface area contributed by atoms with Crippen molar-refractivity contribution in [3.8, 4) is 0 Å². The van der Waals surface area contributed by atoms with E-state index in [9.17, 15) is 4.79 Å². The molecule has 1 aliphatic heterocycles. The van der Waals surface area contributed by atoms with Crippen LogP contribution >= 0.6 is 0 Å². The van der Waals surface area contributed by atoms with Gasteiger partial charge in [-0.1, -0.05) is 25.7 Å². The van der Waals surface area contributed by atoms with Gasteiger partial charge in [0.1, 0.15) is 0 Å². The second-order valence-corrected chi connectivity index (χ2v) is 8.11. The Balaban J connectivity index is 1.58. The number of nitrogens with zero attached hydrogens (tertiary/aromatic N) is 4. The molecule has 0 atom stereocenters. The van der Waals surface area contributed by atoms with Gasteiger partial charge < -0.3 is 4.90 Å². The average Bonchev–Trinajstić information content (AvgIpc) is 3.06. The minimum Gasteiger partial charge on any atom is -0.344 e. The molecular weight excluding hydrogens is 312 g/mol. The molecule has 1 saturated heterocycles. The second kappa shape index (κ2) is 8.35. The number of hydrogen-bond acceptors (Lipinski definition) is 3. The molecule has 1 amide bonds. The van der Waals surface area contributed by atoms with Gasteiger partial charge in [-0.3, -0.25) is 14.4 Å². The third-order valence-electron chi connectivity index (χ3n) is 6.09. The maximum Gasteiger partial charge on any atom is 0.224 e. The third kappa shape index (κ3) is 4.63. The fourth-order valence-corrected chi connectivity index (χ4v) is 4.67. The summed E-state index contributed by atoms with van der Waals surface area (Å²) in [6.45, 7) is 6.03. The maximum absolute atomic E-state index is 12.7. The van der Waals surface area contributed by atoms with Gasteiger partial charge in [-0.25, -0.2) is 0 Å². The Hall–Kier alpha value is -1.36. The van der Waals surface area contributed by atoms with Crippen LogP contribution in [0.25, 0.3) is 0 Å². The zero-order valence-corrected chi connectivity index (χ0v) is 16.0. The molecule has 2 aliphatic rings. The SMILES string of the molecule is Cc1cnn(CCC(=O)N(C)CC2(N3CCCCC3)CCCCC2)c1. The van der Waals surface area contributed by atoms with Crippen molar-refractivity contribution >= 4 is 5.91 Å². The van der Waals surface area contributed by atoms with Gasteiger partial charge in [0.2, 0.25) is 5.91 Å². The molecule has 5 nitrogen and oxygen atoms in total. The van der Waals surface area contributed by atoms with E-state index in [4.69, 9.17) is 0 Å². The van der Waals surface area contributed by atoms with Crippen LogP contribution in [-0.2, 0) is 11.3 Å². The van der Waals surface area contributed by atoms with E-state index in [0.717, 1.165) is 12.1 Å². The summed E-state index contributed by atoms with van der Waals surface area (Å²) in [6, 6.07) is 0. The molecule has 0 radical (unpaired) electrons. The molecule has 0 spiro atoms. The summed E-state index contributed by atoms with van der Waals surface area (Å²) in [5.74, 6) is 0.245. The number of carbonyl (C=O) groups excluding carboxylic acids is 1. The molecular formula is C20H34N4O. The van der Waals surface area contributed by atoms with Crippen LogP contribution in [0.2, 0.25) is 0 Å². The topological polar surface area (TPSA) is 41.4 Å². The second-order valence-electron chi connectivity index (χ2n) is 8.11. The average molecular weight is 347 g/mol. The molecule has 0 unspecified atom stereocenters. The van der Waals surface area contributed by atoms with Gasteiger partial charge in [0.25, 0.3) is 0 Å². The van der Waals surface area contributed by atoms with E-state index in [2.05, 4.69) is 10.00 Å². The highest BCUT2D eigenvalue weighted by molar-refractivity contribution is 5.75. The molecule has 1 saturated carbocycles. The van der Waals surface area contributed by atoms with Crippen LogP contribution in [0.5, 0.6) is 0 Å². The molecule has 0 bridgehead atoms. The van der Waals surface area contributed by atoms with E-state index in [0.29, 0.717) is 13.0 Å². The van der Waals surface area contributed by atoms with Crippen LogP contribution in [0.3, 0.4) is 0 Å². The van der Waals surface area contributed by atoms with Crippen molar-refractivity contribution in [3.63, 3.8) is 0 Å². The minimum absolute atomic E-state index is 0.228. The normalized spacial score (nSPS) is 21.2. The van der Waals surface area contributed by atoms with Gasteiger partial charge in [-0.2, -0.15) is 5.10 Å². The number of aryl methyl sites for hydroxylation is 2. The largest absolute Gasteiger partial charge is 0.344 e. The maximum atomic E-state index is 12.7. The fourth-order valence-electron chi connectivity index (χ4n) is 4.67. The van der Waals surface area contributed by atoms with Crippen LogP contribution in [-0.4, -0.2) is 57.7 Å². The summed E-state index contributed by atoms with van der Waals surface area (Å²) < 4.78 is 1.88. The van der Waals surface area contributed by atoms with Crippen molar-refractivity contribution in [1.29, 1.82) is 0 Å². The Kier molecular flexibility index (Phi) is 6.15. The van der Waals surface area contributed by atoms with E-state index in [1.165, 1.54) is 64.5 Å². The molecule has 0 aromatic carbocycles. The molecule has 2 heterocycles. The van der Waals surface area contributed by atoms with Crippen molar-refractivity contribution in [3.05, 3.63) is 18.0 Å². The number of hydrogen-bond donors (Lipinski definition) is 0. The standard InChI is InChI=1S/C20H34N4O/c1-18-15-21-24(16-18)14-9-19(25)22(2)17-20(10-5-3-6-11-20)23-12-7-4-8-13-23/h15-16H,3-14,17H2,1-2H3. The first kappa shape index (κ1) is 18.4. The molecule has 1 aromatic rings. The van der Waals surface area contributed by atoms with E-state index in [1.807, 2.05) is 35.9 Å². The van der Waals surface area contributed by atoms with Gasteiger partial charge in [-0.05, 0) is 51.3 Å². The van der Waals surface area contributed by atoms with Crippen LogP contribution in [0.4, 0.5) is 0 Å². The van der Waals surface area contributed by atoms with E-state index in [1.54, 1.807) is 0 Å². The Bertz CT molecular complexity index is 556. The number of aromatic nitrogens is 2. The Morgan fingerprint density at radius 3 is 2.48 bits per heavy atom. The number of likely N-dealkylation sites (tertiary alicyclic amines) is 1. The molecule has 0 N–H and O–H groups in total. The number of likely N-dealkylation sites (N-methyl/N-ethyl adjacent to an activating group) is 1. The van der Waals surface area contributed by atoms with Crippen molar-refractivity contribution in [2.45, 2.75) is 76.8 Å². The molecule has 25 heavy (non-hydrogen) atoms. The first-order valence-corrected chi connectivity index (χ1v) is 10.1. The summed E-state index contributed by atoms with van der Waals surface area (Å²) in [5, 5.41) is 4.29. The first-order valence-electron chi connectivity index (χ1n) is 10.1. The summed E-state index contributed by atoms with van der Waals surface area (Å²) in [6.07, 6.45) is 14.9. The summed E-state index contributed by atoms with van der Waals surface area (Å²) >= 11 is 0. The zero-order chi connectivity index (χ0) is 17.7. The van der Waals surface area contributed by atoms with Crippen LogP contribution in [0.15, 0.2) is 12.4 Å². The van der Waals surface area contributed by atoms with E-state index in [-0.39, 0.29) is 11.4 Å². The lowest BCUT2D eigenvalue weighted by molar-refractivity contribution is -0.132. The van der Waals surface area contributed by atoms with Gasteiger partial charge in [0, 0.05) is 38.3 Å². The van der Waals surface area contributed by atoms with Crippen molar-refractivity contribution in [2.75, 3.05) is 26.7 Å². The van der Waals surface area contributed by atoms with Gasteiger partial charge >= 0.3 is 0 Å². The Morgan fingerprint density at radius 1 is 1.16 bits per heavy atom. The quantitative estimate of drug-likeness (QED) is 0.794. The molecule has 5 heteroatoms. The summed E-state index contributed by atoms with van der Waals surface area (Å²) in [4.78, 5) is 17.4. The predicted octanol–water partition coefficient (Wildman–Crippen LogP) is 3.23. The lowest BCUT2D eigenvalue weighted by Crippen LogP contribution is -2.58. The highest BCUT2D eigenvalue weighted by Gasteiger charge is 2.39. The smallest absolute Gasteiger partial charge is 0.224 e. The zero-order valence-electron chi connectivity index (χ0n) is 16.0. The van der Waals surface area contributed by atoms with Crippen molar-refractivity contribution in [1.82, 2.24) is 19.6 Å². The monoisotopic (exact) mass is 346 g/mol. The fraction of sp³-hybridized carbons (Fsp3) is 0.800. The Labute approximate surface area is 152 Å². The molecule has 1 aliphatic carbocycles. The number of amides is 1. The van der Waals surface area contributed by atoms with Crippen molar-refractivity contribution in [2.24, 2.45) is 0 Å². The van der Waals surface area contributed by atoms with Gasteiger partial charge in [0.15, 0.2) is 0 Å². The molecule has 2 fully saturated rings. The first-order chi connectivity index (χ1) is 12.1.